The third-order valence-electron chi connectivity index (χ3n) is 8.92. The maximum Gasteiger partial charge on any atom is 0.334 e. The number of methoxy groups -OCH3 is 1. The zero-order valence-electron chi connectivity index (χ0n) is 33.5. The monoisotopic (exact) mass is 816 g/mol. The molecule has 0 radical (unpaired) electrons. The maximum absolute atomic E-state index is 12.9. The van der Waals surface area contributed by atoms with E-state index in [2.05, 4.69) is 10.6 Å². The van der Waals surface area contributed by atoms with Crippen LogP contribution in [0.3, 0.4) is 0 Å². The second-order valence-electron chi connectivity index (χ2n) is 13.7. The lowest BCUT2D eigenvalue weighted by Gasteiger charge is -2.50. The van der Waals surface area contributed by atoms with Crippen molar-refractivity contribution >= 4 is 35.7 Å². The minimum absolute atomic E-state index is 0.0414. The summed E-state index contributed by atoms with van der Waals surface area (Å²) < 4.78 is 59.8. The molecule has 0 aromatic heterocycles. The Morgan fingerprint density at radius 2 is 1.16 bits per heavy atom. The Morgan fingerprint density at radius 1 is 0.638 bits per heavy atom. The summed E-state index contributed by atoms with van der Waals surface area (Å²) in [4.78, 5) is 75.3. The minimum atomic E-state index is -1.59. The molecule has 11 atom stereocenters. The molecule has 2 aliphatic heterocycles. The molecule has 0 saturated carbocycles. The van der Waals surface area contributed by atoms with Crippen molar-refractivity contribution in [3.63, 3.8) is 0 Å². The number of carbonyl (C=O) groups is 6. The number of nitrogens with one attached hydrogen (secondary N) is 2. The molecule has 18 heteroatoms. The molecule has 2 aromatic rings. The van der Waals surface area contributed by atoms with Crippen LogP contribution in [0.5, 0.6) is 0 Å². The van der Waals surface area contributed by atoms with Gasteiger partial charge in [0.25, 0.3) is 0 Å². The highest BCUT2D eigenvalue weighted by molar-refractivity contribution is 5.75. The quantitative estimate of drug-likeness (QED) is 0.161. The number of benzene rings is 2. The molecule has 318 valence electrons. The van der Waals surface area contributed by atoms with E-state index in [-0.39, 0.29) is 19.8 Å². The Labute approximate surface area is 336 Å². The van der Waals surface area contributed by atoms with Crippen LogP contribution < -0.4 is 10.6 Å². The third-order valence-corrected chi connectivity index (χ3v) is 8.92. The van der Waals surface area contributed by atoms with Crippen molar-refractivity contribution in [3.05, 3.63) is 71.8 Å². The van der Waals surface area contributed by atoms with E-state index < -0.39 is 110 Å². The topological polar surface area (TPSA) is 219 Å². The first-order chi connectivity index (χ1) is 27.7. The molecule has 0 aliphatic carbocycles. The highest BCUT2D eigenvalue weighted by Crippen LogP contribution is 2.34. The van der Waals surface area contributed by atoms with Gasteiger partial charge in [-0.15, -0.1) is 0 Å². The van der Waals surface area contributed by atoms with Crippen LogP contribution in [0.2, 0.25) is 0 Å². The van der Waals surface area contributed by atoms with Crippen LogP contribution in [0.15, 0.2) is 60.7 Å². The smallest absolute Gasteiger partial charge is 0.334 e. The Morgan fingerprint density at radius 3 is 1.69 bits per heavy atom. The van der Waals surface area contributed by atoms with Crippen molar-refractivity contribution in [1.29, 1.82) is 0 Å². The standard InChI is InChI=1S/C40H52N2O16/c1-22(38(48)49-7)53-36-32(41-23(2)43)39(52-19-29-16-12-9-13-17-29)56-30(20-50-18-28-14-10-8-11-15-28)35(36)58-40-33(42-24(3)44)37(55-27(6)47)34(54-26(5)46)31(57-40)21-51-25(4)45/h8-17,22,30-37,39-40H,18-21H2,1-7H3,(H,41,43)(H,42,44). The van der Waals surface area contributed by atoms with Gasteiger partial charge in [0.05, 0.1) is 26.9 Å². The molecular weight excluding hydrogens is 764 g/mol. The number of hydrogen-bond donors (Lipinski definition) is 2. The van der Waals surface area contributed by atoms with Crippen molar-refractivity contribution in [1.82, 2.24) is 10.6 Å². The molecule has 2 heterocycles. The van der Waals surface area contributed by atoms with Crippen molar-refractivity contribution in [3.8, 4) is 0 Å². The van der Waals surface area contributed by atoms with Gasteiger partial charge in [0.2, 0.25) is 11.8 Å². The molecule has 2 N–H and O–H groups in total. The van der Waals surface area contributed by atoms with E-state index in [0.29, 0.717) is 0 Å². The number of amides is 2. The lowest BCUT2D eigenvalue weighted by atomic mass is 9.93. The normalized spacial score (nSPS) is 27.3. The molecule has 2 amide bonds. The van der Waals surface area contributed by atoms with E-state index >= 15 is 0 Å². The van der Waals surface area contributed by atoms with Gasteiger partial charge in [-0.05, 0) is 18.1 Å². The van der Waals surface area contributed by atoms with Crippen molar-refractivity contribution in [2.75, 3.05) is 20.3 Å². The first-order valence-electron chi connectivity index (χ1n) is 18.7. The van der Waals surface area contributed by atoms with Crippen molar-refractivity contribution in [2.24, 2.45) is 0 Å². The highest BCUT2D eigenvalue weighted by Gasteiger charge is 2.56. The predicted octanol–water partition coefficient (Wildman–Crippen LogP) is 1.64. The van der Waals surface area contributed by atoms with Crippen LogP contribution in [-0.4, -0.2) is 123 Å². The van der Waals surface area contributed by atoms with E-state index in [9.17, 15) is 28.8 Å². The van der Waals surface area contributed by atoms with Gasteiger partial charge >= 0.3 is 23.9 Å². The van der Waals surface area contributed by atoms with Crippen LogP contribution >= 0.6 is 0 Å². The molecule has 2 aliphatic rings. The number of carbonyl (C=O) groups excluding carboxylic acids is 6. The first-order valence-corrected chi connectivity index (χ1v) is 18.7. The Balaban J connectivity index is 1.84. The van der Waals surface area contributed by atoms with Gasteiger partial charge in [0.15, 0.2) is 30.9 Å². The summed E-state index contributed by atoms with van der Waals surface area (Å²) in [6.07, 6.45) is -12.0. The first kappa shape index (κ1) is 45.7. The van der Waals surface area contributed by atoms with Crippen molar-refractivity contribution < 1.29 is 76.1 Å². The lowest BCUT2D eigenvalue weighted by molar-refractivity contribution is -0.341. The molecular formula is C40H52N2O16. The van der Waals surface area contributed by atoms with E-state index in [0.717, 1.165) is 31.9 Å². The van der Waals surface area contributed by atoms with Gasteiger partial charge in [-0.2, -0.15) is 0 Å². The Kier molecular flexibility index (Phi) is 17.5. The van der Waals surface area contributed by atoms with Crippen LogP contribution in [0, 0.1) is 0 Å². The van der Waals surface area contributed by atoms with Crippen LogP contribution in [0.1, 0.15) is 52.7 Å². The fourth-order valence-corrected chi connectivity index (χ4v) is 6.53. The Bertz CT molecular complexity index is 1680. The van der Waals surface area contributed by atoms with Gasteiger partial charge in [-0.3, -0.25) is 24.0 Å². The predicted molar refractivity (Wildman–Crippen MR) is 199 cm³/mol. The van der Waals surface area contributed by atoms with Crippen LogP contribution in [-0.2, 0) is 89.3 Å². The van der Waals surface area contributed by atoms with E-state index in [1.807, 2.05) is 60.7 Å². The molecule has 0 spiro atoms. The lowest BCUT2D eigenvalue weighted by Crippen LogP contribution is -2.70. The fourth-order valence-electron chi connectivity index (χ4n) is 6.53. The molecule has 4 rings (SSSR count). The number of rotatable bonds is 18. The number of ether oxygens (including phenoxy) is 10. The number of esters is 4. The minimum Gasteiger partial charge on any atom is -0.467 e. The average Bonchev–Trinajstić information content (AvgIpc) is 3.17. The van der Waals surface area contributed by atoms with E-state index in [4.69, 9.17) is 47.4 Å². The SMILES string of the molecule is COC(=O)C(C)OC1C(NC(C)=O)C(OCc2ccccc2)OC(COCc2ccccc2)C1OC1OC(COC(C)=O)C(OC(C)=O)C(OC(C)=O)C1NC(C)=O. The molecule has 2 aromatic carbocycles. The zero-order valence-corrected chi connectivity index (χ0v) is 33.5. The van der Waals surface area contributed by atoms with Gasteiger partial charge in [0.1, 0.15) is 43.1 Å². The van der Waals surface area contributed by atoms with Gasteiger partial charge in [-0.1, -0.05) is 60.7 Å². The van der Waals surface area contributed by atoms with Crippen molar-refractivity contribution in [2.45, 2.75) is 122 Å². The molecule has 2 saturated heterocycles. The molecule has 18 nitrogen and oxygen atoms in total. The van der Waals surface area contributed by atoms with Gasteiger partial charge < -0.3 is 58.0 Å². The molecule has 2 fully saturated rings. The molecule has 58 heavy (non-hydrogen) atoms. The summed E-state index contributed by atoms with van der Waals surface area (Å²) in [5.74, 6) is -4.17. The van der Waals surface area contributed by atoms with Crippen LogP contribution in [0.25, 0.3) is 0 Å². The zero-order chi connectivity index (χ0) is 42.4. The fraction of sp³-hybridized carbons (Fsp3) is 0.550. The highest BCUT2D eigenvalue weighted by atomic mass is 16.7. The van der Waals surface area contributed by atoms with Crippen LogP contribution in [0.4, 0.5) is 0 Å². The summed E-state index contributed by atoms with van der Waals surface area (Å²) in [5, 5.41) is 5.49. The second kappa shape index (κ2) is 22.2. The maximum atomic E-state index is 12.9. The van der Waals surface area contributed by atoms with E-state index in [1.165, 1.54) is 27.9 Å². The third kappa shape index (κ3) is 13.6. The summed E-state index contributed by atoms with van der Waals surface area (Å²) in [6, 6.07) is 15.9. The molecule has 0 bridgehead atoms. The summed E-state index contributed by atoms with van der Waals surface area (Å²) >= 11 is 0. The van der Waals surface area contributed by atoms with Gasteiger partial charge in [0, 0.05) is 34.6 Å². The van der Waals surface area contributed by atoms with Gasteiger partial charge in [-0.25, -0.2) is 4.79 Å². The second-order valence-corrected chi connectivity index (χ2v) is 13.7. The summed E-state index contributed by atoms with van der Waals surface area (Å²) in [7, 11) is 1.18. The summed E-state index contributed by atoms with van der Waals surface area (Å²) in [5.41, 5.74) is 1.63. The molecule has 11 unspecified atom stereocenters. The Hall–Kier alpha value is -4.98. The average molecular weight is 817 g/mol. The number of hydrogen-bond acceptors (Lipinski definition) is 16. The largest absolute Gasteiger partial charge is 0.467 e. The summed E-state index contributed by atoms with van der Waals surface area (Å²) in [6.45, 7) is 6.81. The van der Waals surface area contributed by atoms with E-state index in [1.54, 1.807) is 0 Å².